The summed E-state index contributed by atoms with van der Waals surface area (Å²) < 4.78 is 11.8. The van der Waals surface area contributed by atoms with Crippen LogP contribution in [-0.4, -0.2) is 19.7 Å². The molecule has 0 radical (unpaired) electrons. The smallest absolute Gasteiger partial charge is 0.306 e. The van der Waals surface area contributed by atoms with Crippen molar-refractivity contribution in [2.24, 2.45) is 0 Å². The molecule has 0 aromatic heterocycles. The van der Waals surface area contributed by atoms with Gasteiger partial charge in [-0.1, -0.05) is 34.1 Å². The molecule has 4 nitrogen and oxygen atoms in total. The van der Waals surface area contributed by atoms with Gasteiger partial charge in [0.25, 0.3) is 0 Å². The average Bonchev–Trinajstić information content (AvgIpc) is 3.20. The molecule has 1 N–H and O–H groups in total. The van der Waals surface area contributed by atoms with Crippen LogP contribution in [0.5, 0.6) is 5.75 Å². The van der Waals surface area contributed by atoms with E-state index in [4.69, 9.17) is 9.47 Å². The van der Waals surface area contributed by atoms with Gasteiger partial charge in [-0.3, -0.25) is 4.79 Å². The number of ether oxygens (including phenoxy) is 2. The Morgan fingerprint density at radius 1 is 1.32 bits per heavy atom. The highest BCUT2D eigenvalue weighted by Gasteiger charge is 2.28. The summed E-state index contributed by atoms with van der Waals surface area (Å²) in [6.45, 7) is 0.535. The summed E-state index contributed by atoms with van der Waals surface area (Å²) in [5.74, 6) is 0.753. The molecule has 0 saturated heterocycles. The minimum Gasteiger partial charge on any atom is -0.493 e. The van der Waals surface area contributed by atoms with E-state index in [9.17, 15) is 4.79 Å². The number of rotatable bonds is 4. The lowest BCUT2D eigenvalue weighted by atomic mass is 9.97. The number of carbonyl (C=O) groups is 1. The Hall–Kier alpha value is -2.01. The third kappa shape index (κ3) is 3.13. The quantitative estimate of drug-likeness (QED) is 0.761. The second kappa shape index (κ2) is 6.71. The molecule has 2 aromatic carbocycles. The summed E-state index contributed by atoms with van der Waals surface area (Å²) in [7, 11) is 1.42. The topological polar surface area (TPSA) is 47.6 Å². The minimum atomic E-state index is -0.197. The predicted octanol–water partition coefficient (Wildman–Crippen LogP) is 4.59. The molecule has 5 heteroatoms. The Bertz CT molecular complexity index is 821. The summed E-state index contributed by atoms with van der Waals surface area (Å²) in [5, 5.41) is 3.63. The van der Waals surface area contributed by atoms with E-state index in [0.29, 0.717) is 19.1 Å². The Balaban J connectivity index is 1.51. The molecule has 0 spiro atoms. The van der Waals surface area contributed by atoms with Crippen molar-refractivity contribution in [3.05, 3.63) is 57.6 Å². The third-order valence-corrected chi connectivity index (χ3v) is 5.83. The molecule has 0 amide bonds. The van der Waals surface area contributed by atoms with Crippen LogP contribution in [0, 0.1) is 0 Å². The third-order valence-electron chi connectivity index (χ3n) is 5.09. The predicted molar refractivity (Wildman–Crippen MR) is 100 cm³/mol. The second-order valence-corrected chi connectivity index (χ2v) is 7.44. The highest BCUT2D eigenvalue weighted by molar-refractivity contribution is 9.10. The van der Waals surface area contributed by atoms with Crippen molar-refractivity contribution in [2.45, 2.75) is 31.2 Å². The van der Waals surface area contributed by atoms with Crippen LogP contribution in [0.3, 0.4) is 0 Å². The summed E-state index contributed by atoms with van der Waals surface area (Å²) >= 11 is 3.65. The molecule has 0 saturated carbocycles. The van der Waals surface area contributed by atoms with Gasteiger partial charge < -0.3 is 14.8 Å². The normalized spacial score (nSPS) is 20.6. The van der Waals surface area contributed by atoms with E-state index < -0.39 is 0 Å². The van der Waals surface area contributed by atoms with Crippen LogP contribution in [0.4, 0.5) is 5.69 Å². The lowest BCUT2D eigenvalue weighted by Crippen LogP contribution is -2.09. The summed E-state index contributed by atoms with van der Waals surface area (Å²) in [5.41, 5.74) is 4.90. The molecule has 2 atom stereocenters. The number of nitrogens with one attached hydrogen (secondary N) is 1. The molecule has 2 aliphatic rings. The number of hydrogen-bond acceptors (Lipinski definition) is 4. The highest BCUT2D eigenvalue weighted by atomic mass is 79.9. The Kier molecular flexibility index (Phi) is 4.42. The lowest BCUT2D eigenvalue weighted by Gasteiger charge is -2.16. The van der Waals surface area contributed by atoms with Crippen LogP contribution in [-0.2, 0) is 16.0 Å². The first-order valence-corrected chi connectivity index (χ1v) is 9.32. The summed E-state index contributed by atoms with van der Waals surface area (Å²) in [4.78, 5) is 11.5. The molecule has 4 rings (SSSR count). The number of benzene rings is 2. The number of halogens is 1. The largest absolute Gasteiger partial charge is 0.493 e. The zero-order valence-corrected chi connectivity index (χ0v) is 15.6. The number of anilines is 1. The number of hydrogen-bond donors (Lipinski definition) is 1. The van der Waals surface area contributed by atoms with Crippen molar-refractivity contribution in [3.8, 4) is 5.75 Å². The van der Waals surface area contributed by atoms with Crippen molar-refractivity contribution < 1.29 is 14.3 Å². The molecule has 130 valence electrons. The lowest BCUT2D eigenvalue weighted by molar-refractivity contribution is -0.141. The zero-order chi connectivity index (χ0) is 17.4. The first kappa shape index (κ1) is 16.5. The minimum absolute atomic E-state index is 0.0830. The van der Waals surface area contributed by atoms with Crippen LogP contribution < -0.4 is 10.1 Å². The van der Waals surface area contributed by atoms with Crippen LogP contribution in [0.15, 0.2) is 40.9 Å². The highest BCUT2D eigenvalue weighted by Crippen LogP contribution is 2.41. The van der Waals surface area contributed by atoms with Gasteiger partial charge in [0.1, 0.15) is 5.75 Å². The fourth-order valence-corrected chi connectivity index (χ4v) is 4.36. The summed E-state index contributed by atoms with van der Waals surface area (Å²) in [6.07, 6.45) is 2.53. The number of esters is 1. The van der Waals surface area contributed by atoms with Crippen molar-refractivity contribution in [2.75, 3.05) is 19.0 Å². The SMILES string of the molecule is COC(=O)C[C@@H]1COc2cc(NC3CCc4c(Br)cccc43)ccc21. The van der Waals surface area contributed by atoms with Gasteiger partial charge in [0, 0.05) is 27.7 Å². The average molecular weight is 402 g/mol. The fraction of sp³-hybridized carbons (Fsp3) is 0.350. The van der Waals surface area contributed by atoms with E-state index in [1.165, 1.54) is 22.7 Å². The van der Waals surface area contributed by atoms with Crippen molar-refractivity contribution >= 4 is 27.6 Å². The molecule has 1 aliphatic heterocycles. The van der Waals surface area contributed by atoms with Gasteiger partial charge in [0.2, 0.25) is 0 Å². The molecular weight excluding hydrogens is 382 g/mol. The van der Waals surface area contributed by atoms with Crippen molar-refractivity contribution in [3.63, 3.8) is 0 Å². The van der Waals surface area contributed by atoms with Gasteiger partial charge in [-0.15, -0.1) is 0 Å². The van der Waals surface area contributed by atoms with Crippen LogP contribution in [0.25, 0.3) is 0 Å². The zero-order valence-electron chi connectivity index (χ0n) is 14.0. The second-order valence-electron chi connectivity index (χ2n) is 6.58. The monoisotopic (exact) mass is 401 g/mol. The standard InChI is InChI=1S/C20H20BrNO3/c1-24-20(23)9-12-11-25-19-10-13(5-6-14(12)19)22-18-8-7-15-16(18)3-2-4-17(15)21/h2-6,10,12,18,22H,7-9,11H2,1H3/t12-,18?/m1/s1. The van der Waals surface area contributed by atoms with Gasteiger partial charge in [0.05, 0.1) is 26.2 Å². The first-order valence-electron chi connectivity index (χ1n) is 8.53. The molecule has 0 bridgehead atoms. The maximum atomic E-state index is 11.5. The van der Waals surface area contributed by atoms with Gasteiger partial charge in [-0.25, -0.2) is 0 Å². The maximum Gasteiger partial charge on any atom is 0.306 e. The Morgan fingerprint density at radius 3 is 3.04 bits per heavy atom. The van der Waals surface area contributed by atoms with Crippen LogP contribution in [0.2, 0.25) is 0 Å². The molecule has 1 heterocycles. The van der Waals surface area contributed by atoms with Gasteiger partial charge in [0.15, 0.2) is 0 Å². The van der Waals surface area contributed by atoms with E-state index in [0.717, 1.165) is 29.8 Å². The van der Waals surface area contributed by atoms with Crippen molar-refractivity contribution in [1.82, 2.24) is 0 Å². The fourth-order valence-electron chi connectivity index (χ4n) is 3.78. The van der Waals surface area contributed by atoms with E-state index in [1.807, 2.05) is 6.07 Å². The van der Waals surface area contributed by atoms with Gasteiger partial charge in [-0.2, -0.15) is 0 Å². The number of carbonyl (C=O) groups excluding carboxylic acids is 1. The van der Waals surface area contributed by atoms with E-state index in [-0.39, 0.29) is 11.9 Å². The molecule has 0 fully saturated rings. The maximum absolute atomic E-state index is 11.5. The Morgan fingerprint density at radius 2 is 2.20 bits per heavy atom. The van der Waals surface area contributed by atoms with Gasteiger partial charge in [-0.05, 0) is 36.1 Å². The van der Waals surface area contributed by atoms with Gasteiger partial charge >= 0.3 is 5.97 Å². The van der Waals surface area contributed by atoms with Crippen molar-refractivity contribution in [1.29, 1.82) is 0 Å². The molecule has 1 aliphatic carbocycles. The molecule has 1 unspecified atom stereocenters. The van der Waals surface area contributed by atoms with E-state index in [2.05, 4.69) is 51.6 Å². The molecular formula is C20H20BrNO3. The van der Waals surface area contributed by atoms with Crippen LogP contribution >= 0.6 is 15.9 Å². The number of fused-ring (bicyclic) bond motifs is 2. The van der Waals surface area contributed by atoms with Crippen LogP contribution in [0.1, 0.15) is 41.5 Å². The summed E-state index contributed by atoms with van der Waals surface area (Å²) in [6, 6.07) is 12.9. The molecule has 25 heavy (non-hydrogen) atoms. The molecule has 2 aromatic rings. The van der Waals surface area contributed by atoms with E-state index in [1.54, 1.807) is 0 Å². The first-order chi connectivity index (χ1) is 12.2. The van der Waals surface area contributed by atoms with E-state index >= 15 is 0 Å². The Labute approximate surface area is 155 Å². The number of methoxy groups -OCH3 is 1.